The highest BCUT2D eigenvalue weighted by Gasteiger charge is 2.23. The first-order valence-electron chi connectivity index (χ1n) is 9.94. The van der Waals surface area contributed by atoms with Crippen LogP contribution in [0.3, 0.4) is 0 Å². The summed E-state index contributed by atoms with van der Waals surface area (Å²) in [5.74, 6) is 1.70. The Morgan fingerprint density at radius 2 is 2.00 bits per heavy atom. The molecule has 2 aromatic carbocycles. The van der Waals surface area contributed by atoms with Gasteiger partial charge in [0.2, 0.25) is 0 Å². The topological polar surface area (TPSA) is 24.5 Å². The van der Waals surface area contributed by atoms with Crippen molar-refractivity contribution in [2.75, 3.05) is 39.1 Å². The van der Waals surface area contributed by atoms with Gasteiger partial charge in [0.15, 0.2) is 0 Å². The van der Waals surface area contributed by atoms with Crippen LogP contribution in [0.5, 0.6) is 5.75 Å². The Bertz CT molecular complexity index is 781. The van der Waals surface area contributed by atoms with E-state index < -0.39 is 0 Å². The lowest BCUT2D eigenvalue weighted by Crippen LogP contribution is -2.28. The molecule has 0 unspecified atom stereocenters. The summed E-state index contributed by atoms with van der Waals surface area (Å²) in [6.45, 7) is 3.32. The first-order valence-corrected chi connectivity index (χ1v) is 9.94. The van der Waals surface area contributed by atoms with E-state index in [1.807, 2.05) is 0 Å². The number of hydrogen-bond donors (Lipinski definition) is 1. The minimum atomic E-state index is 0. The van der Waals surface area contributed by atoms with Crippen LogP contribution in [0.2, 0.25) is 0 Å². The lowest BCUT2D eigenvalue weighted by atomic mass is 9.82. The fraction of sp³-hybridized carbons (Fsp3) is 0.478. The molecule has 1 aliphatic carbocycles. The third-order valence-corrected chi connectivity index (χ3v) is 6.01. The fourth-order valence-corrected chi connectivity index (χ4v) is 4.58. The fourth-order valence-electron chi connectivity index (χ4n) is 4.58. The van der Waals surface area contributed by atoms with Gasteiger partial charge in [0, 0.05) is 25.3 Å². The lowest BCUT2D eigenvalue weighted by molar-refractivity contribution is 0.299. The van der Waals surface area contributed by atoms with Gasteiger partial charge in [-0.05, 0) is 79.5 Å². The van der Waals surface area contributed by atoms with Crippen LogP contribution in [0.25, 0.3) is 0 Å². The van der Waals surface area contributed by atoms with Crippen LogP contribution in [0.1, 0.15) is 41.0 Å². The summed E-state index contributed by atoms with van der Waals surface area (Å²) in [4.78, 5) is 2.50. The zero-order valence-corrected chi connectivity index (χ0v) is 18.5. The van der Waals surface area contributed by atoms with Gasteiger partial charge in [-0.15, -0.1) is 24.8 Å². The number of benzene rings is 2. The number of rotatable bonds is 6. The van der Waals surface area contributed by atoms with E-state index in [0.29, 0.717) is 5.92 Å². The maximum absolute atomic E-state index is 5.59. The van der Waals surface area contributed by atoms with Crippen molar-refractivity contribution in [3.63, 3.8) is 0 Å². The van der Waals surface area contributed by atoms with E-state index in [-0.39, 0.29) is 24.8 Å². The zero-order chi connectivity index (χ0) is 17.9. The molecule has 0 aromatic heterocycles. The Morgan fingerprint density at radius 3 is 2.82 bits per heavy atom. The van der Waals surface area contributed by atoms with E-state index in [1.54, 1.807) is 7.11 Å². The third-order valence-electron chi connectivity index (χ3n) is 6.01. The highest BCUT2D eigenvalue weighted by Crippen LogP contribution is 2.36. The molecule has 4 rings (SSSR count). The van der Waals surface area contributed by atoms with Crippen molar-refractivity contribution in [1.29, 1.82) is 0 Å². The van der Waals surface area contributed by atoms with Crippen molar-refractivity contribution in [3.8, 4) is 5.75 Å². The van der Waals surface area contributed by atoms with Gasteiger partial charge >= 0.3 is 0 Å². The van der Waals surface area contributed by atoms with Gasteiger partial charge < -0.3 is 15.0 Å². The summed E-state index contributed by atoms with van der Waals surface area (Å²) in [6.07, 6.45) is 5.99. The number of methoxy groups -OCH3 is 1. The van der Waals surface area contributed by atoms with Crippen LogP contribution in [-0.2, 0) is 19.3 Å². The molecule has 1 atom stereocenters. The van der Waals surface area contributed by atoms with Crippen LogP contribution in [0, 0.1) is 0 Å². The molecule has 0 fully saturated rings. The van der Waals surface area contributed by atoms with Crippen molar-refractivity contribution < 1.29 is 4.74 Å². The van der Waals surface area contributed by atoms with Crippen molar-refractivity contribution in [1.82, 2.24) is 4.90 Å². The molecular weight excluding hydrogens is 391 g/mol. The van der Waals surface area contributed by atoms with Crippen molar-refractivity contribution in [2.45, 2.75) is 38.0 Å². The van der Waals surface area contributed by atoms with E-state index in [2.05, 4.69) is 53.7 Å². The number of anilines is 1. The van der Waals surface area contributed by atoms with Gasteiger partial charge in [0.25, 0.3) is 0 Å². The second kappa shape index (κ2) is 10.4. The molecule has 5 heteroatoms. The number of ether oxygens (including phenoxy) is 1. The maximum atomic E-state index is 5.59. The summed E-state index contributed by atoms with van der Waals surface area (Å²) in [7, 11) is 4.05. The highest BCUT2D eigenvalue weighted by atomic mass is 35.5. The van der Waals surface area contributed by atoms with Crippen LogP contribution in [-0.4, -0.2) is 38.7 Å². The van der Waals surface area contributed by atoms with Gasteiger partial charge in [-0.3, -0.25) is 0 Å². The van der Waals surface area contributed by atoms with Gasteiger partial charge in [0.05, 0.1) is 7.11 Å². The normalized spacial score (nSPS) is 17.0. The molecule has 3 nitrogen and oxygen atoms in total. The zero-order valence-electron chi connectivity index (χ0n) is 16.9. The molecule has 0 amide bonds. The second-order valence-electron chi connectivity index (χ2n) is 7.80. The SMILES string of the molecule is COc1cccc2c1CCC[C@H]2CN(C)CCc1ccc2c(c1)NCC2.Cl.Cl. The van der Waals surface area contributed by atoms with Crippen LogP contribution >= 0.6 is 24.8 Å². The van der Waals surface area contributed by atoms with Crippen LogP contribution in [0.15, 0.2) is 36.4 Å². The molecular formula is C23H32Cl2N2O. The van der Waals surface area contributed by atoms with E-state index in [9.17, 15) is 0 Å². The summed E-state index contributed by atoms with van der Waals surface area (Å²) in [6, 6.07) is 13.5. The average molecular weight is 423 g/mol. The number of hydrogen-bond acceptors (Lipinski definition) is 3. The number of fused-ring (bicyclic) bond motifs is 2. The molecule has 0 saturated carbocycles. The Labute approximate surface area is 181 Å². The Morgan fingerprint density at radius 1 is 1.14 bits per heavy atom. The van der Waals surface area contributed by atoms with Crippen LogP contribution in [0.4, 0.5) is 5.69 Å². The smallest absolute Gasteiger partial charge is 0.122 e. The molecule has 0 spiro atoms. The van der Waals surface area contributed by atoms with Crippen molar-refractivity contribution >= 4 is 30.5 Å². The standard InChI is InChI=1S/C23H30N2O.2ClH/c1-25(14-12-17-9-10-18-11-13-24-22(18)15-17)16-19-5-3-7-21-20(19)6-4-8-23(21)26-2;;/h4,6,8-10,15,19,24H,3,5,7,11-14,16H2,1-2H3;2*1H/t19-;;/m0../s1. The maximum Gasteiger partial charge on any atom is 0.122 e. The Balaban J connectivity index is 0.00000140. The molecule has 1 aliphatic heterocycles. The summed E-state index contributed by atoms with van der Waals surface area (Å²) in [5.41, 5.74) is 7.19. The predicted molar refractivity (Wildman–Crippen MR) is 123 cm³/mol. The molecule has 0 bridgehead atoms. The molecule has 0 radical (unpaired) electrons. The van der Waals surface area contributed by atoms with Gasteiger partial charge in [0.1, 0.15) is 5.75 Å². The number of halogens is 2. The van der Waals surface area contributed by atoms with Gasteiger partial charge in [-0.2, -0.15) is 0 Å². The quantitative estimate of drug-likeness (QED) is 0.700. The van der Waals surface area contributed by atoms with Gasteiger partial charge in [-0.1, -0.05) is 24.3 Å². The number of nitrogens with zero attached hydrogens (tertiary/aromatic N) is 1. The van der Waals surface area contributed by atoms with Crippen molar-refractivity contribution in [2.24, 2.45) is 0 Å². The van der Waals surface area contributed by atoms with Crippen LogP contribution < -0.4 is 10.1 Å². The molecule has 154 valence electrons. The molecule has 28 heavy (non-hydrogen) atoms. The first-order chi connectivity index (χ1) is 12.7. The summed E-state index contributed by atoms with van der Waals surface area (Å²) < 4.78 is 5.59. The van der Waals surface area contributed by atoms with E-state index in [0.717, 1.165) is 38.2 Å². The molecule has 0 saturated heterocycles. The molecule has 1 N–H and O–H groups in total. The number of nitrogens with one attached hydrogen (secondary N) is 1. The highest BCUT2D eigenvalue weighted by molar-refractivity contribution is 5.85. The average Bonchev–Trinajstić information content (AvgIpc) is 3.14. The number of likely N-dealkylation sites (N-methyl/N-ethyl adjacent to an activating group) is 1. The first kappa shape index (κ1) is 22.9. The van der Waals surface area contributed by atoms with E-state index >= 15 is 0 Å². The third kappa shape index (κ3) is 4.94. The van der Waals surface area contributed by atoms with Gasteiger partial charge in [-0.25, -0.2) is 0 Å². The lowest BCUT2D eigenvalue weighted by Gasteiger charge is -2.30. The largest absolute Gasteiger partial charge is 0.496 e. The molecule has 1 heterocycles. The van der Waals surface area contributed by atoms with E-state index in [1.165, 1.54) is 47.2 Å². The minimum absolute atomic E-state index is 0. The molecule has 2 aromatic rings. The monoisotopic (exact) mass is 422 g/mol. The second-order valence-corrected chi connectivity index (χ2v) is 7.80. The Hall–Kier alpha value is -1.42. The predicted octanol–water partition coefficient (Wildman–Crippen LogP) is 5.10. The summed E-state index contributed by atoms with van der Waals surface area (Å²) >= 11 is 0. The molecule has 2 aliphatic rings. The Kier molecular flexibility index (Phi) is 8.48. The summed E-state index contributed by atoms with van der Waals surface area (Å²) in [5, 5.41) is 3.49. The van der Waals surface area contributed by atoms with Crippen molar-refractivity contribution in [3.05, 3.63) is 58.7 Å². The minimum Gasteiger partial charge on any atom is -0.496 e. The van der Waals surface area contributed by atoms with E-state index in [4.69, 9.17) is 4.74 Å².